The van der Waals surface area contributed by atoms with E-state index in [1.807, 2.05) is 30.3 Å². The van der Waals surface area contributed by atoms with E-state index in [9.17, 15) is 4.79 Å². The minimum atomic E-state index is -0.965. The number of benzene rings is 1. The van der Waals surface area contributed by atoms with Gasteiger partial charge in [0.05, 0.1) is 12.5 Å². The van der Waals surface area contributed by atoms with Gasteiger partial charge >= 0.3 is 5.97 Å². The molecule has 1 aromatic rings. The third kappa shape index (κ3) is 4.83. The van der Waals surface area contributed by atoms with Crippen LogP contribution in [0.3, 0.4) is 0 Å². The molecule has 2 unspecified atom stereocenters. The Morgan fingerprint density at radius 3 is 2.56 bits per heavy atom. The highest BCUT2D eigenvalue weighted by atomic mass is 16.5. The quantitative estimate of drug-likeness (QED) is 0.588. The zero-order valence-electron chi connectivity index (χ0n) is 10.3. The van der Waals surface area contributed by atoms with Crippen LogP contribution >= 0.6 is 0 Å². The summed E-state index contributed by atoms with van der Waals surface area (Å²) < 4.78 is 5.36. The van der Waals surface area contributed by atoms with Crippen molar-refractivity contribution in [3.63, 3.8) is 0 Å². The van der Waals surface area contributed by atoms with Crippen LogP contribution in [-0.2, 0) is 16.0 Å². The Hall–Kier alpha value is -1.43. The Labute approximate surface area is 107 Å². The minimum absolute atomic E-state index is 0.284. The lowest BCUT2D eigenvalue weighted by Crippen LogP contribution is -2.39. The molecule has 0 aliphatic rings. The molecule has 5 heteroatoms. The van der Waals surface area contributed by atoms with E-state index < -0.39 is 18.1 Å². The van der Waals surface area contributed by atoms with Gasteiger partial charge in [0.2, 0.25) is 0 Å². The standard InChI is InChI=1S/C13H20N2O3/c14-8-6-11(13(16)17)12(15)18-9-7-10-4-2-1-3-5-10/h1-5,11-12H,6-9,14-15H2,(H,16,17). The summed E-state index contributed by atoms with van der Waals surface area (Å²) in [5.41, 5.74) is 12.2. The summed E-state index contributed by atoms with van der Waals surface area (Å²) in [6, 6.07) is 9.82. The number of ether oxygens (including phenoxy) is 1. The van der Waals surface area contributed by atoms with E-state index in [2.05, 4.69) is 0 Å². The van der Waals surface area contributed by atoms with Crippen molar-refractivity contribution in [3.05, 3.63) is 35.9 Å². The number of carboxylic acid groups (broad SMARTS) is 1. The molecule has 5 N–H and O–H groups in total. The normalized spacial score (nSPS) is 14.1. The highest BCUT2D eigenvalue weighted by Gasteiger charge is 2.24. The fourth-order valence-electron chi connectivity index (χ4n) is 1.68. The molecule has 0 aliphatic carbocycles. The molecule has 0 aromatic heterocycles. The van der Waals surface area contributed by atoms with Gasteiger partial charge in [0.1, 0.15) is 6.23 Å². The molecule has 100 valence electrons. The molecule has 0 saturated carbocycles. The summed E-state index contributed by atoms with van der Waals surface area (Å²) in [5.74, 6) is -1.71. The van der Waals surface area contributed by atoms with Crippen LogP contribution in [-0.4, -0.2) is 30.5 Å². The summed E-state index contributed by atoms with van der Waals surface area (Å²) in [7, 11) is 0. The van der Waals surface area contributed by atoms with Crippen LogP contribution in [0.25, 0.3) is 0 Å². The Morgan fingerprint density at radius 1 is 1.33 bits per heavy atom. The average Bonchev–Trinajstić information content (AvgIpc) is 2.36. The van der Waals surface area contributed by atoms with Gasteiger partial charge in [-0.2, -0.15) is 0 Å². The maximum Gasteiger partial charge on any atom is 0.310 e. The third-order valence-corrected chi connectivity index (χ3v) is 2.74. The average molecular weight is 252 g/mol. The molecule has 0 saturated heterocycles. The molecule has 0 amide bonds. The van der Waals surface area contributed by atoms with Gasteiger partial charge in [0.25, 0.3) is 0 Å². The number of hydrogen-bond acceptors (Lipinski definition) is 4. The summed E-state index contributed by atoms with van der Waals surface area (Å²) in [6.45, 7) is 0.687. The lowest BCUT2D eigenvalue weighted by atomic mass is 10.0. The van der Waals surface area contributed by atoms with E-state index >= 15 is 0 Å². The number of hydrogen-bond donors (Lipinski definition) is 3. The lowest BCUT2D eigenvalue weighted by molar-refractivity contribution is -0.147. The van der Waals surface area contributed by atoms with Crippen molar-refractivity contribution in [3.8, 4) is 0 Å². The summed E-state index contributed by atoms with van der Waals surface area (Å²) in [5, 5.41) is 8.98. The SMILES string of the molecule is NCCC(C(=O)O)C(N)OCCc1ccccc1. The van der Waals surface area contributed by atoms with Crippen LogP contribution in [0.5, 0.6) is 0 Å². The van der Waals surface area contributed by atoms with Gasteiger partial charge in [0.15, 0.2) is 0 Å². The molecular weight excluding hydrogens is 232 g/mol. The molecule has 0 heterocycles. The molecule has 1 aromatic carbocycles. The van der Waals surface area contributed by atoms with Gasteiger partial charge in [-0.25, -0.2) is 0 Å². The first-order chi connectivity index (χ1) is 8.65. The highest BCUT2D eigenvalue weighted by molar-refractivity contribution is 5.70. The first kappa shape index (κ1) is 14.6. The number of carbonyl (C=O) groups is 1. The van der Waals surface area contributed by atoms with Gasteiger partial charge in [-0.1, -0.05) is 30.3 Å². The number of aliphatic carboxylic acids is 1. The summed E-state index contributed by atoms with van der Waals surface area (Å²) in [6.07, 6.45) is 0.223. The number of rotatable bonds is 8. The van der Waals surface area contributed by atoms with Crippen molar-refractivity contribution in [2.45, 2.75) is 19.1 Å². The number of nitrogens with two attached hydrogens (primary N) is 2. The molecule has 2 atom stereocenters. The molecular formula is C13H20N2O3. The minimum Gasteiger partial charge on any atom is -0.481 e. The third-order valence-electron chi connectivity index (χ3n) is 2.74. The van der Waals surface area contributed by atoms with E-state index in [1.54, 1.807) is 0 Å². The predicted molar refractivity (Wildman–Crippen MR) is 68.9 cm³/mol. The molecule has 18 heavy (non-hydrogen) atoms. The van der Waals surface area contributed by atoms with Gasteiger partial charge in [-0.3, -0.25) is 4.79 Å². The lowest BCUT2D eigenvalue weighted by Gasteiger charge is -2.19. The molecule has 0 aliphatic heterocycles. The Morgan fingerprint density at radius 2 is 2.00 bits per heavy atom. The summed E-state index contributed by atoms with van der Waals surface area (Å²) >= 11 is 0. The van der Waals surface area contributed by atoms with Gasteiger partial charge in [-0.05, 0) is 24.9 Å². The van der Waals surface area contributed by atoms with Crippen LogP contribution < -0.4 is 11.5 Å². The Kier molecular flexibility index (Phi) is 6.35. The molecule has 0 spiro atoms. The van der Waals surface area contributed by atoms with E-state index in [-0.39, 0.29) is 6.54 Å². The highest BCUT2D eigenvalue weighted by Crippen LogP contribution is 2.09. The Bertz CT molecular complexity index is 357. The van der Waals surface area contributed by atoms with Crippen molar-refractivity contribution in [2.75, 3.05) is 13.2 Å². The van der Waals surface area contributed by atoms with Crippen molar-refractivity contribution >= 4 is 5.97 Å². The van der Waals surface area contributed by atoms with Crippen LogP contribution in [0.15, 0.2) is 30.3 Å². The molecule has 0 bridgehead atoms. The van der Waals surface area contributed by atoms with Crippen LogP contribution in [0, 0.1) is 5.92 Å². The second kappa shape index (κ2) is 7.81. The van der Waals surface area contributed by atoms with E-state index in [0.717, 1.165) is 5.56 Å². The van der Waals surface area contributed by atoms with Gasteiger partial charge < -0.3 is 21.3 Å². The Balaban J connectivity index is 2.35. The van der Waals surface area contributed by atoms with E-state index in [4.69, 9.17) is 21.3 Å². The van der Waals surface area contributed by atoms with Gasteiger partial charge in [0, 0.05) is 0 Å². The van der Waals surface area contributed by atoms with Crippen molar-refractivity contribution in [1.29, 1.82) is 0 Å². The maximum absolute atomic E-state index is 10.9. The predicted octanol–water partition coefficient (Wildman–Crippen LogP) is 0.580. The molecule has 0 radical (unpaired) electrons. The van der Waals surface area contributed by atoms with Crippen LogP contribution in [0.2, 0.25) is 0 Å². The second-order valence-corrected chi connectivity index (χ2v) is 4.09. The van der Waals surface area contributed by atoms with Crippen molar-refractivity contribution < 1.29 is 14.6 Å². The number of carboxylic acids is 1. The fourth-order valence-corrected chi connectivity index (χ4v) is 1.68. The van der Waals surface area contributed by atoms with Crippen molar-refractivity contribution in [1.82, 2.24) is 0 Å². The monoisotopic (exact) mass is 252 g/mol. The molecule has 1 rings (SSSR count). The fraction of sp³-hybridized carbons (Fsp3) is 0.462. The molecule has 0 fully saturated rings. The van der Waals surface area contributed by atoms with Crippen LogP contribution in [0.1, 0.15) is 12.0 Å². The summed E-state index contributed by atoms with van der Waals surface area (Å²) in [4.78, 5) is 10.9. The zero-order valence-corrected chi connectivity index (χ0v) is 10.3. The first-order valence-corrected chi connectivity index (χ1v) is 5.99. The topological polar surface area (TPSA) is 98.6 Å². The van der Waals surface area contributed by atoms with E-state index in [0.29, 0.717) is 19.4 Å². The van der Waals surface area contributed by atoms with Gasteiger partial charge in [-0.15, -0.1) is 0 Å². The second-order valence-electron chi connectivity index (χ2n) is 4.09. The van der Waals surface area contributed by atoms with Crippen LogP contribution in [0.4, 0.5) is 0 Å². The van der Waals surface area contributed by atoms with E-state index in [1.165, 1.54) is 0 Å². The largest absolute Gasteiger partial charge is 0.481 e. The first-order valence-electron chi connectivity index (χ1n) is 5.99. The smallest absolute Gasteiger partial charge is 0.310 e. The molecule has 5 nitrogen and oxygen atoms in total. The zero-order chi connectivity index (χ0) is 13.4. The maximum atomic E-state index is 10.9. The van der Waals surface area contributed by atoms with Crippen molar-refractivity contribution in [2.24, 2.45) is 17.4 Å².